The van der Waals surface area contributed by atoms with Crippen molar-refractivity contribution in [2.24, 2.45) is 0 Å². The first-order chi connectivity index (χ1) is 10.8. The van der Waals surface area contributed by atoms with Gasteiger partial charge in [0.15, 0.2) is 0 Å². The van der Waals surface area contributed by atoms with Gasteiger partial charge in [-0.1, -0.05) is 12.1 Å². The second-order valence-electron chi connectivity index (χ2n) is 4.91. The number of nitrogens with one attached hydrogen (secondary N) is 1. The summed E-state index contributed by atoms with van der Waals surface area (Å²) in [5.41, 5.74) is -0.220. The Morgan fingerprint density at radius 3 is 2.65 bits per heavy atom. The van der Waals surface area contributed by atoms with E-state index in [1.807, 2.05) is 6.92 Å². The summed E-state index contributed by atoms with van der Waals surface area (Å²) in [6.45, 7) is 1.85. The van der Waals surface area contributed by atoms with Crippen LogP contribution in [0.3, 0.4) is 0 Å². The third-order valence-corrected chi connectivity index (χ3v) is 4.19. The van der Waals surface area contributed by atoms with Gasteiger partial charge in [0, 0.05) is 5.56 Å². The average molecular weight is 336 g/mol. The van der Waals surface area contributed by atoms with Crippen molar-refractivity contribution in [2.45, 2.75) is 13.1 Å². The van der Waals surface area contributed by atoms with E-state index in [1.165, 1.54) is 29.5 Å². The third kappa shape index (κ3) is 3.19. The van der Waals surface area contributed by atoms with Gasteiger partial charge in [-0.2, -0.15) is 13.2 Å². The largest absolute Gasteiger partial charge is 0.418 e. The molecule has 3 aromatic rings. The molecule has 0 aliphatic heterocycles. The summed E-state index contributed by atoms with van der Waals surface area (Å²) in [7, 11) is 0. The van der Waals surface area contributed by atoms with Crippen molar-refractivity contribution in [1.82, 2.24) is 4.98 Å². The number of hydrogen-bond donors (Lipinski definition) is 1. The Labute approximate surface area is 133 Å². The first kappa shape index (κ1) is 15.5. The van der Waals surface area contributed by atoms with Crippen molar-refractivity contribution >= 4 is 33.1 Å². The molecule has 0 fully saturated rings. The molecule has 1 amide bonds. The summed E-state index contributed by atoms with van der Waals surface area (Å²) in [5, 5.41) is 3.18. The van der Waals surface area contributed by atoms with Crippen LogP contribution in [0.25, 0.3) is 10.2 Å². The van der Waals surface area contributed by atoms with Crippen LogP contribution in [0.4, 0.5) is 18.9 Å². The molecular formula is C16H11F3N2OS. The summed E-state index contributed by atoms with van der Waals surface area (Å²) in [6, 6.07) is 9.77. The number of para-hydroxylation sites is 1. The van der Waals surface area contributed by atoms with Crippen LogP contribution in [-0.4, -0.2) is 10.9 Å². The molecule has 0 bridgehead atoms. The van der Waals surface area contributed by atoms with Crippen LogP contribution in [0.1, 0.15) is 20.9 Å². The number of amides is 1. The predicted octanol–water partition coefficient (Wildman–Crippen LogP) is 4.88. The Hall–Kier alpha value is -2.41. The lowest BCUT2D eigenvalue weighted by Crippen LogP contribution is -2.16. The Balaban J connectivity index is 1.92. The molecule has 118 valence electrons. The minimum absolute atomic E-state index is 0.264. The number of carbonyl (C=O) groups is 1. The maximum atomic E-state index is 13.0. The van der Waals surface area contributed by atoms with E-state index in [0.717, 1.165) is 15.8 Å². The molecule has 23 heavy (non-hydrogen) atoms. The molecule has 0 spiro atoms. The van der Waals surface area contributed by atoms with Gasteiger partial charge >= 0.3 is 6.18 Å². The number of aromatic nitrogens is 1. The number of alkyl halides is 3. The highest BCUT2D eigenvalue weighted by Gasteiger charge is 2.33. The van der Waals surface area contributed by atoms with Crippen molar-refractivity contribution < 1.29 is 18.0 Å². The number of hydrogen-bond acceptors (Lipinski definition) is 3. The van der Waals surface area contributed by atoms with E-state index in [-0.39, 0.29) is 11.3 Å². The predicted molar refractivity (Wildman–Crippen MR) is 83.8 cm³/mol. The van der Waals surface area contributed by atoms with Crippen LogP contribution in [0.15, 0.2) is 42.5 Å². The second kappa shape index (κ2) is 5.66. The summed E-state index contributed by atoms with van der Waals surface area (Å²) in [4.78, 5) is 16.5. The highest BCUT2D eigenvalue weighted by molar-refractivity contribution is 7.18. The Bertz CT molecular complexity index is 886. The Kier molecular flexibility index (Phi) is 3.81. The summed E-state index contributed by atoms with van der Waals surface area (Å²) in [5.74, 6) is -0.603. The fourth-order valence-corrected chi connectivity index (χ4v) is 3.03. The van der Waals surface area contributed by atoms with E-state index in [0.29, 0.717) is 5.52 Å². The third-order valence-electron chi connectivity index (χ3n) is 3.24. The molecule has 0 unspecified atom stereocenters. The molecule has 3 rings (SSSR count). The van der Waals surface area contributed by atoms with Crippen LogP contribution in [0.5, 0.6) is 0 Å². The van der Waals surface area contributed by atoms with Crippen LogP contribution in [0, 0.1) is 6.92 Å². The molecule has 1 heterocycles. The first-order valence-corrected chi connectivity index (χ1v) is 7.51. The van der Waals surface area contributed by atoms with Crippen molar-refractivity contribution in [3.05, 3.63) is 58.6 Å². The normalized spacial score (nSPS) is 11.7. The number of nitrogens with zero attached hydrogens (tertiary/aromatic N) is 1. The van der Waals surface area contributed by atoms with Crippen molar-refractivity contribution in [3.63, 3.8) is 0 Å². The van der Waals surface area contributed by atoms with Crippen LogP contribution < -0.4 is 5.32 Å². The summed E-state index contributed by atoms with van der Waals surface area (Å²) < 4.78 is 39.8. The zero-order valence-corrected chi connectivity index (χ0v) is 12.8. The van der Waals surface area contributed by atoms with Crippen LogP contribution >= 0.6 is 11.3 Å². The summed E-state index contributed by atoms with van der Waals surface area (Å²) >= 11 is 1.49. The lowest BCUT2D eigenvalue weighted by molar-refractivity contribution is -0.136. The van der Waals surface area contributed by atoms with Gasteiger partial charge in [-0.3, -0.25) is 4.79 Å². The van der Waals surface area contributed by atoms with Crippen LogP contribution in [-0.2, 0) is 6.18 Å². The molecule has 3 nitrogen and oxygen atoms in total. The Morgan fingerprint density at radius 1 is 1.17 bits per heavy atom. The number of carbonyl (C=O) groups excluding carboxylic acids is 1. The lowest BCUT2D eigenvalue weighted by atomic mass is 10.1. The standard InChI is InChI=1S/C16H11F3N2OS/c1-9-20-13-8-10(6-7-14(13)23-9)15(22)21-12-5-3-2-4-11(12)16(17,18)19/h2-8H,1H3,(H,21,22). The monoisotopic (exact) mass is 336 g/mol. The molecule has 0 atom stereocenters. The number of aryl methyl sites for hydroxylation is 1. The minimum atomic E-state index is -4.53. The molecule has 0 aliphatic rings. The van der Waals surface area contributed by atoms with E-state index in [9.17, 15) is 18.0 Å². The average Bonchev–Trinajstić information content (AvgIpc) is 2.85. The number of thiazole rings is 1. The second-order valence-corrected chi connectivity index (χ2v) is 6.15. The van der Waals surface area contributed by atoms with E-state index < -0.39 is 17.6 Å². The van der Waals surface area contributed by atoms with Gasteiger partial charge in [-0.05, 0) is 37.3 Å². The van der Waals surface area contributed by atoms with Gasteiger partial charge in [0.05, 0.1) is 26.5 Å². The molecule has 1 N–H and O–H groups in total. The lowest BCUT2D eigenvalue weighted by Gasteiger charge is -2.13. The first-order valence-electron chi connectivity index (χ1n) is 6.69. The molecule has 0 radical (unpaired) electrons. The van der Waals surface area contributed by atoms with Gasteiger partial charge in [-0.25, -0.2) is 4.98 Å². The summed E-state index contributed by atoms with van der Waals surface area (Å²) in [6.07, 6.45) is -4.53. The molecule has 1 aromatic heterocycles. The molecular weight excluding hydrogens is 325 g/mol. The Morgan fingerprint density at radius 2 is 1.91 bits per heavy atom. The zero-order valence-electron chi connectivity index (χ0n) is 11.9. The number of benzene rings is 2. The zero-order chi connectivity index (χ0) is 16.6. The fourth-order valence-electron chi connectivity index (χ4n) is 2.22. The van der Waals surface area contributed by atoms with Crippen LogP contribution in [0.2, 0.25) is 0 Å². The van der Waals surface area contributed by atoms with E-state index in [1.54, 1.807) is 18.2 Å². The molecule has 0 aliphatic carbocycles. The number of fused-ring (bicyclic) bond motifs is 1. The van der Waals surface area contributed by atoms with E-state index in [2.05, 4.69) is 10.3 Å². The molecule has 2 aromatic carbocycles. The van der Waals surface area contributed by atoms with Gasteiger partial charge in [0.2, 0.25) is 0 Å². The minimum Gasteiger partial charge on any atom is -0.321 e. The van der Waals surface area contributed by atoms with Gasteiger partial charge in [-0.15, -0.1) is 11.3 Å². The van der Waals surface area contributed by atoms with Gasteiger partial charge in [0.1, 0.15) is 0 Å². The number of anilines is 1. The molecule has 0 saturated heterocycles. The van der Waals surface area contributed by atoms with E-state index >= 15 is 0 Å². The van der Waals surface area contributed by atoms with Crippen molar-refractivity contribution in [3.8, 4) is 0 Å². The maximum absolute atomic E-state index is 13.0. The maximum Gasteiger partial charge on any atom is 0.418 e. The number of halogens is 3. The quantitative estimate of drug-likeness (QED) is 0.725. The van der Waals surface area contributed by atoms with Gasteiger partial charge < -0.3 is 5.32 Å². The number of rotatable bonds is 2. The highest BCUT2D eigenvalue weighted by atomic mass is 32.1. The smallest absolute Gasteiger partial charge is 0.321 e. The van der Waals surface area contributed by atoms with E-state index in [4.69, 9.17) is 0 Å². The van der Waals surface area contributed by atoms with Crippen molar-refractivity contribution in [2.75, 3.05) is 5.32 Å². The van der Waals surface area contributed by atoms with Crippen molar-refractivity contribution in [1.29, 1.82) is 0 Å². The molecule has 7 heteroatoms. The molecule has 0 saturated carbocycles. The fraction of sp³-hybridized carbons (Fsp3) is 0.125. The topological polar surface area (TPSA) is 42.0 Å². The highest BCUT2D eigenvalue weighted by Crippen LogP contribution is 2.34. The van der Waals surface area contributed by atoms with Gasteiger partial charge in [0.25, 0.3) is 5.91 Å². The SMILES string of the molecule is Cc1nc2cc(C(=O)Nc3ccccc3C(F)(F)F)ccc2s1.